The van der Waals surface area contributed by atoms with Gasteiger partial charge >= 0.3 is 0 Å². The number of pyridine rings is 1. The number of nitrogens with one attached hydrogen (secondary N) is 1. The van der Waals surface area contributed by atoms with Gasteiger partial charge in [-0.15, -0.1) is 5.10 Å². The molecule has 8 heteroatoms. The summed E-state index contributed by atoms with van der Waals surface area (Å²) in [7, 11) is 1.66. The SMILES string of the molecule is CC[C@H](c1nnnn1Cc1ccc(OC)cc1)N(Cc1ccccc1)Cc1cc2ccc(C)c(C)c2[nH]c1=O. The molecule has 0 radical (unpaired) electrons. The molecule has 3 aromatic carbocycles. The fourth-order valence-electron chi connectivity index (χ4n) is 5.07. The first-order valence-electron chi connectivity index (χ1n) is 13.3. The van der Waals surface area contributed by atoms with Gasteiger partial charge in [0.1, 0.15) is 5.75 Å². The van der Waals surface area contributed by atoms with Crippen molar-refractivity contribution < 1.29 is 4.74 Å². The molecule has 200 valence electrons. The molecule has 0 saturated carbocycles. The van der Waals surface area contributed by atoms with Crippen LogP contribution in [-0.4, -0.2) is 37.2 Å². The average Bonchev–Trinajstić information content (AvgIpc) is 3.40. The lowest BCUT2D eigenvalue weighted by Gasteiger charge is -2.30. The minimum Gasteiger partial charge on any atom is -0.497 e. The van der Waals surface area contributed by atoms with Crippen LogP contribution in [0.2, 0.25) is 0 Å². The van der Waals surface area contributed by atoms with Crippen molar-refractivity contribution in [3.63, 3.8) is 0 Å². The quantitative estimate of drug-likeness (QED) is 0.266. The summed E-state index contributed by atoms with van der Waals surface area (Å²) < 4.78 is 7.15. The number of rotatable bonds is 10. The number of fused-ring (bicyclic) bond motifs is 1. The average molecular weight is 523 g/mol. The van der Waals surface area contributed by atoms with E-state index >= 15 is 0 Å². The zero-order chi connectivity index (χ0) is 27.4. The lowest BCUT2D eigenvalue weighted by molar-refractivity contribution is 0.161. The standard InChI is InChI=1S/C31H34N6O2/c1-5-28(30-33-34-35-37(30)19-24-12-15-27(39-4)16-13-24)36(18-23-9-7-6-8-10-23)20-26-17-25-14-11-21(2)22(3)29(25)32-31(26)38/h6-17,28H,5,18-20H2,1-4H3,(H,32,38)/t28-/m1/s1. The second-order valence-electron chi connectivity index (χ2n) is 9.95. The van der Waals surface area contributed by atoms with Gasteiger partial charge in [-0.2, -0.15) is 0 Å². The number of tetrazole rings is 1. The second kappa shape index (κ2) is 11.6. The van der Waals surface area contributed by atoms with Gasteiger partial charge in [-0.1, -0.05) is 61.5 Å². The van der Waals surface area contributed by atoms with E-state index in [0.29, 0.717) is 25.2 Å². The maximum atomic E-state index is 13.3. The predicted octanol–water partition coefficient (Wildman–Crippen LogP) is 5.34. The Balaban J connectivity index is 1.50. The molecule has 1 atom stereocenters. The van der Waals surface area contributed by atoms with E-state index in [1.807, 2.05) is 60.1 Å². The van der Waals surface area contributed by atoms with E-state index in [0.717, 1.165) is 51.2 Å². The number of hydrogen-bond acceptors (Lipinski definition) is 6. The third-order valence-electron chi connectivity index (χ3n) is 7.41. The summed E-state index contributed by atoms with van der Waals surface area (Å²) in [5.74, 6) is 1.58. The van der Waals surface area contributed by atoms with Gasteiger partial charge in [0.25, 0.3) is 5.56 Å². The fraction of sp³-hybridized carbons (Fsp3) is 0.290. The van der Waals surface area contributed by atoms with Crippen LogP contribution in [0, 0.1) is 13.8 Å². The molecule has 39 heavy (non-hydrogen) atoms. The minimum absolute atomic E-state index is 0.0676. The Hall–Kier alpha value is -4.30. The van der Waals surface area contributed by atoms with E-state index in [4.69, 9.17) is 4.74 Å². The zero-order valence-corrected chi connectivity index (χ0v) is 22.9. The molecule has 5 rings (SSSR count). The van der Waals surface area contributed by atoms with Gasteiger partial charge in [0.2, 0.25) is 0 Å². The second-order valence-corrected chi connectivity index (χ2v) is 9.95. The first kappa shape index (κ1) is 26.3. The zero-order valence-electron chi connectivity index (χ0n) is 22.9. The molecule has 0 bridgehead atoms. The van der Waals surface area contributed by atoms with Crippen LogP contribution in [0.25, 0.3) is 10.9 Å². The number of H-pyrrole nitrogens is 1. The van der Waals surface area contributed by atoms with E-state index in [1.165, 1.54) is 0 Å². The summed E-state index contributed by atoms with van der Waals surface area (Å²) >= 11 is 0. The Morgan fingerprint density at radius 2 is 1.74 bits per heavy atom. The summed E-state index contributed by atoms with van der Waals surface area (Å²) in [5.41, 5.74) is 6.04. The third kappa shape index (κ3) is 5.76. The van der Waals surface area contributed by atoms with Crippen LogP contribution >= 0.6 is 0 Å². The summed E-state index contributed by atoms with van der Waals surface area (Å²) in [4.78, 5) is 18.7. The molecule has 2 aromatic heterocycles. The highest BCUT2D eigenvalue weighted by Crippen LogP contribution is 2.27. The normalized spacial score (nSPS) is 12.2. The van der Waals surface area contributed by atoms with E-state index in [2.05, 4.69) is 63.5 Å². The molecule has 0 aliphatic carbocycles. The van der Waals surface area contributed by atoms with Crippen LogP contribution in [0.3, 0.4) is 0 Å². The predicted molar refractivity (Wildman–Crippen MR) is 153 cm³/mol. The molecule has 0 saturated heterocycles. The Labute approximate surface area is 228 Å². The molecule has 0 aliphatic rings. The van der Waals surface area contributed by atoms with Crippen LogP contribution < -0.4 is 10.3 Å². The lowest BCUT2D eigenvalue weighted by Crippen LogP contribution is -2.32. The van der Waals surface area contributed by atoms with Gasteiger partial charge < -0.3 is 9.72 Å². The highest BCUT2D eigenvalue weighted by atomic mass is 16.5. The molecule has 0 spiro atoms. The van der Waals surface area contributed by atoms with Crippen LogP contribution in [0.4, 0.5) is 0 Å². The Bertz CT molecular complexity index is 1610. The van der Waals surface area contributed by atoms with Crippen molar-refractivity contribution in [3.8, 4) is 5.75 Å². The monoisotopic (exact) mass is 522 g/mol. The third-order valence-corrected chi connectivity index (χ3v) is 7.41. The summed E-state index contributed by atoms with van der Waals surface area (Å²) in [6.07, 6.45) is 0.777. The minimum atomic E-state index is -0.103. The van der Waals surface area contributed by atoms with Crippen molar-refractivity contribution in [3.05, 3.63) is 117 Å². The number of hydrogen-bond donors (Lipinski definition) is 1. The Kier molecular flexibility index (Phi) is 7.84. The van der Waals surface area contributed by atoms with Gasteiger partial charge in [0, 0.05) is 18.7 Å². The molecule has 0 aliphatic heterocycles. The van der Waals surface area contributed by atoms with E-state index in [1.54, 1.807) is 7.11 Å². The van der Waals surface area contributed by atoms with E-state index in [-0.39, 0.29) is 11.6 Å². The number of aromatic amines is 1. The first-order valence-corrected chi connectivity index (χ1v) is 13.3. The van der Waals surface area contributed by atoms with Gasteiger partial charge in [-0.3, -0.25) is 9.69 Å². The first-order chi connectivity index (χ1) is 19.0. The van der Waals surface area contributed by atoms with Crippen LogP contribution in [0.15, 0.2) is 77.6 Å². The van der Waals surface area contributed by atoms with E-state index in [9.17, 15) is 4.79 Å². The van der Waals surface area contributed by atoms with Crippen molar-refractivity contribution in [2.24, 2.45) is 0 Å². The van der Waals surface area contributed by atoms with Gasteiger partial charge in [-0.05, 0) is 76.5 Å². The van der Waals surface area contributed by atoms with Crippen molar-refractivity contribution in [1.29, 1.82) is 0 Å². The largest absolute Gasteiger partial charge is 0.497 e. The number of ether oxygens (including phenoxy) is 1. The number of aryl methyl sites for hydroxylation is 2. The fourth-order valence-corrected chi connectivity index (χ4v) is 5.07. The summed E-state index contributed by atoms with van der Waals surface area (Å²) in [5, 5.41) is 13.9. The smallest absolute Gasteiger partial charge is 0.252 e. The lowest BCUT2D eigenvalue weighted by atomic mass is 10.0. The highest BCUT2D eigenvalue weighted by Gasteiger charge is 2.26. The maximum absolute atomic E-state index is 13.3. The van der Waals surface area contributed by atoms with Gasteiger partial charge in [0.15, 0.2) is 5.82 Å². The van der Waals surface area contributed by atoms with Gasteiger partial charge in [0.05, 0.1) is 25.2 Å². The number of benzene rings is 3. The van der Waals surface area contributed by atoms with Crippen molar-refractivity contribution in [1.82, 2.24) is 30.1 Å². The Morgan fingerprint density at radius 3 is 2.46 bits per heavy atom. The molecule has 5 aromatic rings. The van der Waals surface area contributed by atoms with Gasteiger partial charge in [-0.25, -0.2) is 4.68 Å². The van der Waals surface area contributed by atoms with Crippen molar-refractivity contribution in [2.75, 3.05) is 7.11 Å². The molecule has 8 nitrogen and oxygen atoms in total. The van der Waals surface area contributed by atoms with Crippen LogP contribution in [-0.2, 0) is 19.6 Å². The van der Waals surface area contributed by atoms with Crippen molar-refractivity contribution >= 4 is 10.9 Å². The molecular weight excluding hydrogens is 488 g/mol. The molecule has 2 heterocycles. The number of nitrogens with zero attached hydrogens (tertiary/aromatic N) is 5. The number of methoxy groups -OCH3 is 1. The molecule has 0 amide bonds. The highest BCUT2D eigenvalue weighted by molar-refractivity contribution is 5.83. The van der Waals surface area contributed by atoms with Crippen molar-refractivity contribution in [2.45, 2.75) is 52.9 Å². The van der Waals surface area contributed by atoms with E-state index < -0.39 is 0 Å². The van der Waals surface area contributed by atoms with Crippen LogP contribution in [0.1, 0.15) is 53.0 Å². The molecule has 0 unspecified atom stereocenters. The maximum Gasteiger partial charge on any atom is 0.252 e. The topological polar surface area (TPSA) is 88.9 Å². The molecule has 1 N–H and O–H groups in total. The summed E-state index contributed by atoms with van der Waals surface area (Å²) in [6.45, 7) is 7.89. The van der Waals surface area contributed by atoms with Crippen LogP contribution in [0.5, 0.6) is 5.75 Å². The Morgan fingerprint density at radius 1 is 0.974 bits per heavy atom. The molecule has 0 fully saturated rings. The summed E-state index contributed by atoms with van der Waals surface area (Å²) in [6, 6.07) is 24.3. The number of aromatic nitrogens is 5. The molecular formula is C31H34N6O2.